The van der Waals surface area contributed by atoms with Gasteiger partial charge in [-0.3, -0.25) is 9.58 Å². The summed E-state index contributed by atoms with van der Waals surface area (Å²) in [5.74, 6) is -0.414. The number of fused-ring (bicyclic) bond motifs is 1. The van der Waals surface area contributed by atoms with Crippen molar-refractivity contribution in [1.29, 1.82) is 0 Å². The fraction of sp³-hybridized carbons (Fsp3) is 0.579. The van der Waals surface area contributed by atoms with Gasteiger partial charge in [-0.05, 0) is 30.9 Å². The van der Waals surface area contributed by atoms with E-state index in [0.29, 0.717) is 37.9 Å². The highest BCUT2D eigenvalue weighted by Crippen LogP contribution is 2.33. The van der Waals surface area contributed by atoms with Gasteiger partial charge in [-0.2, -0.15) is 18.3 Å². The van der Waals surface area contributed by atoms with Gasteiger partial charge in [-0.1, -0.05) is 6.92 Å². The first-order valence-electron chi connectivity index (χ1n) is 9.35. The van der Waals surface area contributed by atoms with Crippen LogP contribution in [0.1, 0.15) is 35.7 Å². The number of aryl methyl sites for hydroxylation is 1. The molecule has 0 bridgehead atoms. The largest absolute Gasteiger partial charge is 0.465 e. The van der Waals surface area contributed by atoms with Crippen molar-refractivity contribution >= 4 is 22.6 Å². The van der Waals surface area contributed by atoms with Gasteiger partial charge in [0, 0.05) is 37.3 Å². The SMILES string of the molecule is CCc1c(C(=O)OC)cc2c(cnn2C)c1NC1CCN(CC(F)(F)F)CC1. The Hall–Kier alpha value is -2.29. The second-order valence-electron chi connectivity index (χ2n) is 7.13. The Morgan fingerprint density at radius 2 is 2.04 bits per heavy atom. The molecule has 1 saturated heterocycles. The third-order valence-corrected chi connectivity index (χ3v) is 5.26. The molecule has 2 heterocycles. The Kier molecular flexibility index (Phi) is 5.83. The molecule has 0 unspecified atom stereocenters. The highest BCUT2D eigenvalue weighted by atomic mass is 19.4. The molecule has 0 amide bonds. The van der Waals surface area contributed by atoms with E-state index in [-0.39, 0.29) is 6.04 Å². The number of methoxy groups -OCH3 is 1. The number of carbonyl (C=O) groups is 1. The van der Waals surface area contributed by atoms with Crippen LogP contribution < -0.4 is 5.32 Å². The van der Waals surface area contributed by atoms with Crippen molar-refractivity contribution in [3.8, 4) is 0 Å². The van der Waals surface area contributed by atoms with Crippen LogP contribution in [-0.2, 0) is 18.2 Å². The highest BCUT2D eigenvalue weighted by molar-refractivity contribution is 6.03. The zero-order valence-corrected chi connectivity index (χ0v) is 16.3. The number of anilines is 1. The van der Waals surface area contributed by atoms with E-state index in [0.717, 1.165) is 22.2 Å². The minimum atomic E-state index is -4.17. The van der Waals surface area contributed by atoms with Gasteiger partial charge in [-0.15, -0.1) is 0 Å². The molecule has 0 atom stereocenters. The number of nitrogens with zero attached hydrogens (tertiary/aromatic N) is 3. The van der Waals surface area contributed by atoms with E-state index in [1.807, 2.05) is 6.92 Å². The summed E-state index contributed by atoms with van der Waals surface area (Å²) in [5, 5.41) is 8.68. The van der Waals surface area contributed by atoms with E-state index in [2.05, 4.69) is 10.4 Å². The zero-order chi connectivity index (χ0) is 20.5. The molecule has 9 heteroatoms. The van der Waals surface area contributed by atoms with Gasteiger partial charge in [0.05, 0.1) is 30.9 Å². The molecule has 154 valence electrons. The molecular formula is C19H25F3N4O2. The molecule has 1 aliphatic heterocycles. The summed E-state index contributed by atoms with van der Waals surface area (Å²) in [7, 11) is 3.15. The maximum absolute atomic E-state index is 12.6. The quantitative estimate of drug-likeness (QED) is 0.783. The number of benzene rings is 1. The monoisotopic (exact) mass is 398 g/mol. The minimum Gasteiger partial charge on any atom is -0.465 e. The van der Waals surface area contributed by atoms with Crippen LogP contribution in [0.4, 0.5) is 18.9 Å². The fourth-order valence-electron chi connectivity index (χ4n) is 3.85. The zero-order valence-electron chi connectivity index (χ0n) is 16.3. The standard InChI is InChI=1S/C19H25F3N4O2/c1-4-13-14(18(27)28-3)9-16-15(10-23-25(16)2)17(13)24-12-5-7-26(8-6-12)11-19(20,21)22/h9-10,12,24H,4-8,11H2,1-3H3. The first-order chi connectivity index (χ1) is 13.2. The number of piperidine rings is 1. The normalized spacial score (nSPS) is 16.5. The summed E-state index contributed by atoms with van der Waals surface area (Å²) >= 11 is 0. The molecule has 0 radical (unpaired) electrons. The number of hydrogen-bond donors (Lipinski definition) is 1. The maximum Gasteiger partial charge on any atom is 0.401 e. The molecule has 3 rings (SSSR count). The molecule has 2 aromatic rings. The summed E-state index contributed by atoms with van der Waals surface area (Å²) < 4.78 is 44.4. The summed E-state index contributed by atoms with van der Waals surface area (Å²) in [6, 6.07) is 1.82. The molecule has 6 nitrogen and oxygen atoms in total. The van der Waals surface area contributed by atoms with Crippen LogP contribution in [0.5, 0.6) is 0 Å². The number of carbonyl (C=O) groups excluding carboxylic acids is 1. The lowest BCUT2D eigenvalue weighted by atomic mass is 9.97. The molecule has 0 spiro atoms. The summed E-state index contributed by atoms with van der Waals surface area (Å²) in [6.07, 6.45) is -0.611. The van der Waals surface area contributed by atoms with Crippen molar-refractivity contribution in [1.82, 2.24) is 14.7 Å². The van der Waals surface area contributed by atoms with Crippen LogP contribution in [0, 0.1) is 0 Å². The van der Waals surface area contributed by atoms with Crippen LogP contribution in [0.25, 0.3) is 10.9 Å². The van der Waals surface area contributed by atoms with Crippen LogP contribution >= 0.6 is 0 Å². The third-order valence-electron chi connectivity index (χ3n) is 5.26. The van der Waals surface area contributed by atoms with Gasteiger partial charge in [0.25, 0.3) is 0 Å². The summed E-state index contributed by atoms with van der Waals surface area (Å²) in [4.78, 5) is 13.7. The average molecular weight is 398 g/mol. The molecule has 0 aliphatic carbocycles. The van der Waals surface area contributed by atoms with E-state index in [1.165, 1.54) is 12.0 Å². The van der Waals surface area contributed by atoms with Crippen molar-refractivity contribution in [3.05, 3.63) is 23.4 Å². The van der Waals surface area contributed by atoms with Gasteiger partial charge in [0.1, 0.15) is 0 Å². The Morgan fingerprint density at radius 1 is 1.36 bits per heavy atom. The molecular weight excluding hydrogens is 373 g/mol. The van der Waals surface area contributed by atoms with Crippen molar-refractivity contribution in [2.75, 3.05) is 32.1 Å². The van der Waals surface area contributed by atoms with Crippen molar-refractivity contribution in [3.63, 3.8) is 0 Å². The lowest BCUT2D eigenvalue weighted by Gasteiger charge is -2.33. The number of esters is 1. The van der Waals surface area contributed by atoms with E-state index >= 15 is 0 Å². The third kappa shape index (κ3) is 4.24. The first kappa shape index (κ1) is 20.4. The maximum atomic E-state index is 12.6. The Morgan fingerprint density at radius 3 is 2.61 bits per heavy atom. The topological polar surface area (TPSA) is 59.4 Å². The molecule has 1 aliphatic rings. The number of nitrogens with one attached hydrogen (secondary N) is 1. The van der Waals surface area contributed by atoms with Gasteiger partial charge in [0.2, 0.25) is 0 Å². The lowest BCUT2D eigenvalue weighted by molar-refractivity contribution is -0.147. The molecule has 28 heavy (non-hydrogen) atoms. The highest BCUT2D eigenvalue weighted by Gasteiger charge is 2.33. The number of rotatable bonds is 5. The predicted molar refractivity (Wildman–Crippen MR) is 101 cm³/mol. The van der Waals surface area contributed by atoms with Gasteiger partial charge in [0.15, 0.2) is 0 Å². The fourth-order valence-corrected chi connectivity index (χ4v) is 3.85. The molecule has 1 aromatic heterocycles. The molecule has 0 saturated carbocycles. The molecule has 1 N–H and O–H groups in total. The predicted octanol–water partition coefficient (Wildman–Crippen LogP) is 3.36. The Balaban J connectivity index is 1.87. The van der Waals surface area contributed by atoms with E-state index in [1.54, 1.807) is 24.0 Å². The number of likely N-dealkylation sites (tertiary alicyclic amines) is 1. The van der Waals surface area contributed by atoms with Gasteiger partial charge < -0.3 is 10.1 Å². The van der Waals surface area contributed by atoms with Gasteiger partial charge in [-0.25, -0.2) is 4.79 Å². The van der Waals surface area contributed by atoms with Crippen LogP contribution in [-0.4, -0.2) is 59.6 Å². The smallest absolute Gasteiger partial charge is 0.401 e. The minimum absolute atomic E-state index is 0.0334. The molecule has 1 fully saturated rings. The van der Waals surface area contributed by atoms with Crippen molar-refractivity contribution in [2.24, 2.45) is 7.05 Å². The van der Waals surface area contributed by atoms with Crippen molar-refractivity contribution < 1.29 is 22.7 Å². The van der Waals surface area contributed by atoms with Crippen LogP contribution in [0.15, 0.2) is 12.3 Å². The first-order valence-corrected chi connectivity index (χ1v) is 9.35. The van der Waals surface area contributed by atoms with Crippen LogP contribution in [0.2, 0.25) is 0 Å². The van der Waals surface area contributed by atoms with E-state index in [9.17, 15) is 18.0 Å². The van der Waals surface area contributed by atoms with Gasteiger partial charge >= 0.3 is 12.1 Å². The van der Waals surface area contributed by atoms with E-state index in [4.69, 9.17) is 4.74 Å². The lowest BCUT2D eigenvalue weighted by Crippen LogP contribution is -2.43. The van der Waals surface area contributed by atoms with Crippen LogP contribution in [0.3, 0.4) is 0 Å². The average Bonchev–Trinajstić information content (AvgIpc) is 3.02. The Bertz CT molecular complexity index is 855. The Labute approximate surface area is 161 Å². The van der Waals surface area contributed by atoms with Crippen molar-refractivity contribution in [2.45, 2.75) is 38.4 Å². The number of halogens is 3. The number of hydrogen-bond acceptors (Lipinski definition) is 5. The molecule has 1 aromatic carbocycles. The number of aromatic nitrogens is 2. The second-order valence-corrected chi connectivity index (χ2v) is 7.13. The summed E-state index contributed by atoms with van der Waals surface area (Å²) in [5.41, 5.74) is 2.94. The summed E-state index contributed by atoms with van der Waals surface area (Å²) in [6.45, 7) is 1.85. The second kappa shape index (κ2) is 7.98. The number of alkyl halides is 3. The number of ether oxygens (including phenoxy) is 1. The van der Waals surface area contributed by atoms with E-state index < -0.39 is 18.7 Å².